The van der Waals surface area contributed by atoms with Crippen LogP contribution in [0.5, 0.6) is 0 Å². The number of piperazine rings is 1. The first-order chi connectivity index (χ1) is 19.0. The van der Waals surface area contributed by atoms with E-state index in [1.54, 1.807) is 12.1 Å². The minimum absolute atomic E-state index is 0.0763. The average Bonchev–Trinajstić information content (AvgIpc) is 2.99. The van der Waals surface area contributed by atoms with Gasteiger partial charge in [0.1, 0.15) is 0 Å². The van der Waals surface area contributed by atoms with Gasteiger partial charge >= 0.3 is 5.97 Å². The highest BCUT2D eigenvalue weighted by Crippen LogP contribution is 2.25. The Morgan fingerprint density at radius 2 is 1.54 bits per heavy atom. The van der Waals surface area contributed by atoms with Crippen LogP contribution in [0.4, 0.5) is 0 Å². The number of hydrogen-bond donors (Lipinski definition) is 0. The lowest BCUT2D eigenvalue weighted by atomic mass is 10.0. The summed E-state index contributed by atoms with van der Waals surface area (Å²) in [7, 11) is 1.37. The molecule has 0 radical (unpaired) electrons. The van der Waals surface area contributed by atoms with Gasteiger partial charge in [-0.3, -0.25) is 9.69 Å². The number of halogens is 1. The molecule has 7 heteroatoms. The minimum Gasteiger partial charge on any atom is -0.465 e. The Morgan fingerprint density at radius 1 is 0.846 bits per heavy atom. The third-order valence-corrected chi connectivity index (χ3v) is 7.42. The molecule has 5 rings (SSSR count). The van der Waals surface area contributed by atoms with Gasteiger partial charge in [-0.05, 0) is 52.2 Å². The summed E-state index contributed by atoms with van der Waals surface area (Å²) in [4.78, 5) is 29.4. The second kappa shape index (κ2) is 12.4. The maximum absolute atomic E-state index is 13.4. The van der Waals surface area contributed by atoms with E-state index in [0.717, 1.165) is 40.6 Å². The molecule has 1 unspecified atom stereocenters. The molecule has 39 heavy (non-hydrogen) atoms. The maximum atomic E-state index is 13.4. The average molecular weight is 543 g/mol. The number of amides is 1. The SMILES string of the molecule is COC(=O)c1ccc(COC(CN2CCN(C(=O)c3cccc4ccccc34)CC2)c2ccc(Cl)cc2)cc1. The molecule has 4 aromatic carbocycles. The van der Waals surface area contributed by atoms with Crippen molar-refractivity contribution in [1.82, 2.24) is 9.80 Å². The van der Waals surface area contributed by atoms with Gasteiger partial charge in [-0.15, -0.1) is 0 Å². The van der Waals surface area contributed by atoms with Crippen molar-refractivity contribution in [3.8, 4) is 0 Å². The van der Waals surface area contributed by atoms with E-state index in [1.807, 2.05) is 83.8 Å². The van der Waals surface area contributed by atoms with Crippen LogP contribution < -0.4 is 0 Å². The standard InChI is InChI=1S/C32H31ClN2O4/c1-38-32(37)26-11-9-23(10-12-26)22-39-30(25-13-15-27(33)16-14-25)21-34-17-19-35(20-18-34)31(36)29-8-4-6-24-5-2-3-7-28(24)29/h2-16,30H,17-22H2,1H3. The second-order valence-electron chi connectivity index (χ2n) is 9.66. The fourth-order valence-corrected chi connectivity index (χ4v) is 5.06. The van der Waals surface area contributed by atoms with Crippen molar-refractivity contribution in [3.63, 3.8) is 0 Å². The largest absolute Gasteiger partial charge is 0.465 e. The van der Waals surface area contributed by atoms with Gasteiger partial charge in [-0.25, -0.2) is 4.79 Å². The van der Waals surface area contributed by atoms with Gasteiger partial charge in [0.15, 0.2) is 0 Å². The number of hydrogen-bond acceptors (Lipinski definition) is 5. The van der Waals surface area contributed by atoms with Gasteiger partial charge in [0.25, 0.3) is 5.91 Å². The van der Waals surface area contributed by atoms with E-state index < -0.39 is 0 Å². The zero-order valence-corrected chi connectivity index (χ0v) is 22.6. The lowest BCUT2D eigenvalue weighted by Gasteiger charge is -2.36. The van der Waals surface area contributed by atoms with E-state index >= 15 is 0 Å². The van der Waals surface area contributed by atoms with E-state index in [2.05, 4.69) is 4.90 Å². The molecular weight excluding hydrogens is 512 g/mol. The summed E-state index contributed by atoms with van der Waals surface area (Å²) in [6, 6.07) is 28.9. The Labute approximate surface area is 233 Å². The fraction of sp³-hybridized carbons (Fsp3) is 0.250. The Morgan fingerprint density at radius 3 is 2.26 bits per heavy atom. The number of methoxy groups -OCH3 is 1. The van der Waals surface area contributed by atoms with Crippen molar-refractivity contribution in [1.29, 1.82) is 0 Å². The quantitative estimate of drug-likeness (QED) is 0.256. The highest BCUT2D eigenvalue weighted by molar-refractivity contribution is 6.30. The van der Waals surface area contributed by atoms with Gasteiger partial charge in [0.2, 0.25) is 0 Å². The first-order valence-electron chi connectivity index (χ1n) is 13.1. The topological polar surface area (TPSA) is 59.1 Å². The fourth-order valence-electron chi connectivity index (χ4n) is 4.93. The molecule has 4 aromatic rings. The van der Waals surface area contributed by atoms with Crippen molar-refractivity contribution in [2.75, 3.05) is 39.8 Å². The molecule has 200 valence electrons. The van der Waals surface area contributed by atoms with Gasteiger partial charge in [-0.1, -0.05) is 72.3 Å². The molecule has 6 nitrogen and oxygen atoms in total. The van der Waals surface area contributed by atoms with E-state index in [0.29, 0.717) is 36.8 Å². The maximum Gasteiger partial charge on any atom is 0.337 e. The number of esters is 1. The van der Waals surface area contributed by atoms with Crippen LogP contribution in [0.2, 0.25) is 5.02 Å². The Kier molecular flexibility index (Phi) is 8.57. The summed E-state index contributed by atoms with van der Waals surface area (Å²) in [6.07, 6.45) is -0.178. The van der Waals surface area contributed by atoms with Crippen molar-refractivity contribution in [3.05, 3.63) is 118 Å². The number of benzene rings is 4. The number of nitrogens with zero attached hydrogens (tertiary/aromatic N) is 2. The molecular formula is C32H31ClN2O4. The summed E-state index contributed by atoms with van der Waals surface area (Å²) < 4.78 is 11.2. The molecule has 1 fully saturated rings. The van der Waals surface area contributed by atoms with Crippen LogP contribution in [0.3, 0.4) is 0 Å². The van der Waals surface area contributed by atoms with Crippen LogP contribution in [0.15, 0.2) is 91.0 Å². The summed E-state index contributed by atoms with van der Waals surface area (Å²) in [6.45, 7) is 3.93. The van der Waals surface area contributed by atoms with Gasteiger partial charge in [-0.2, -0.15) is 0 Å². The summed E-state index contributed by atoms with van der Waals surface area (Å²) in [5, 5.41) is 2.74. The number of fused-ring (bicyclic) bond motifs is 1. The first-order valence-corrected chi connectivity index (χ1v) is 13.4. The molecule has 0 N–H and O–H groups in total. The highest BCUT2D eigenvalue weighted by atomic mass is 35.5. The number of rotatable bonds is 8. The molecule has 1 aliphatic heterocycles. The van der Waals surface area contributed by atoms with E-state index in [9.17, 15) is 9.59 Å². The van der Waals surface area contributed by atoms with Crippen molar-refractivity contribution in [2.45, 2.75) is 12.7 Å². The molecule has 0 bridgehead atoms. The summed E-state index contributed by atoms with van der Waals surface area (Å²) in [5.74, 6) is -0.285. The van der Waals surface area contributed by atoms with Crippen molar-refractivity contribution in [2.24, 2.45) is 0 Å². The molecule has 1 saturated heterocycles. The molecule has 0 spiro atoms. The summed E-state index contributed by atoms with van der Waals surface area (Å²) >= 11 is 6.14. The first kappa shape index (κ1) is 26.9. The molecule has 0 saturated carbocycles. The van der Waals surface area contributed by atoms with Crippen LogP contribution >= 0.6 is 11.6 Å². The van der Waals surface area contributed by atoms with Crippen LogP contribution in [0.25, 0.3) is 10.8 Å². The van der Waals surface area contributed by atoms with Gasteiger partial charge < -0.3 is 14.4 Å². The normalized spacial score (nSPS) is 14.8. The van der Waals surface area contributed by atoms with Crippen molar-refractivity contribution >= 4 is 34.2 Å². The lowest BCUT2D eigenvalue weighted by Crippen LogP contribution is -2.49. The lowest BCUT2D eigenvalue weighted by molar-refractivity contribution is 0.00343. The van der Waals surface area contributed by atoms with Crippen LogP contribution in [-0.4, -0.2) is 61.5 Å². The zero-order chi connectivity index (χ0) is 27.2. The Hall–Kier alpha value is -3.71. The second-order valence-corrected chi connectivity index (χ2v) is 10.1. The zero-order valence-electron chi connectivity index (χ0n) is 21.9. The predicted octanol–water partition coefficient (Wildman–Crippen LogP) is 6.00. The van der Waals surface area contributed by atoms with E-state index in [4.69, 9.17) is 21.1 Å². The van der Waals surface area contributed by atoms with Crippen LogP contribution in [0, 0.1) is 0 Å². The van der Waals surface area contributed by atoms with Crippen LogP contribution in [0.1, 0.15) is 37.9 Å². The molecule has 0 aliphatic carbocycles. The van der Waals surface area contributed by atoms with Gasteiger partial charge in [0, 0.05) is 43.3 Å². The third-order valence-electron chi connectivity index (χ3n) is 7.17. The Balaban J connectivity index is 1.23. The predicted molar refractivity (Wildman–Crippen MR) is 153 cm³/mol. The van der Waals surface area contributed by atoms with Crippen LogP contribution in [-0.2, 0) is 16.1 Å². The molecule has 0 aromatic heterocycles. The smallest absolute Gasteiger partial charge is 0.337 e. The molecule has 1 atom stereocenters. The monoisotopic (exact) mass is 542 g/mol. The summed E-state index contributed by atoms with van der Waals surface area (Å²) in [5.41, 5.74) is 3.26. The van der Waals surface area contributed by atoms with E-state index in [1.165, 1.54) is 7.11 Å². The number of carbonyl (C=O) groups is 2. The third kappa shape index (κ3) is 6.48. The Bertz CT molecular complexity index is 1430. The molecule has 1 aliphatic rings. The minimum atomic E-state index is -0.361. The van der Waals surface area contributed by atoms with E-state index in [-0.39, 0.29) is 18.0 Å². The molecule has 1 amide bonds. The number of carbonyl (C=O) groups excluding carboxylic acids is 2. The highest BCUT2D eigenvalue weighted by Gasteiger charge is 2.25. The van der Waals surface area contributed by atoms with Crippen molar-refractivity contribution < 1.29 is 19.1 Å². The number of ether oxygens (including phenoxy) is 2. The van der Waals surface area contributed by atoms with Gasteiger partial charge in [0.05, 0.1) is 25.4 Å². The molecule has 1 heterocycles.